The Labute approximate surface area is 167 Å². The molecule has 2 N–H and O–H groups in total. The number of hydrogen-bond acceptors (Lipinski definition) is 6. The molecule has 3 rings (SSSR count). The van der Waals surface area contributed by atoms with Gasteiger partial charge in [0.2, 0.25) is 15.9 Å². The first-order valence-electron chi connectivity index (χ1n) is 8.67. The maximum atomic E-state index is 14.1. The standard InChI is InChI=1S/C18H19FN6O3S/c1-12-22-23-24-25(12)17-11-14(6-9-16(17)19)21-18(26)10-5-13-3-7-15(8-4-13)29(27,28)20-2/h3-4,6-9,11,20H,5,10H2,1-2H3,(H,21,26). The van der Waals surface area contributed by atoms with E-state index >= 15 is 0 Å². The van der Waals surface area contributed by atoms with Crippen molar-refractivity contribution in [3.63, 3.8) is 0 Å². The number of benzene rings is 2. The maximum absolute atomic E-state index is 14.1. The van der Waals surface area contributed by atoms with E-state index < -0.39 is 15.8 Å². The molecule has 3 aromatic rings. The van der Waals surface area contributed by atoms with Gasteiger partial charge in [-0.25, -0.2) is 17.5 Å². The van der Waals surface area contributed by atoms with Crippen LogP contribution in [0.3, 0.4) is 0 Å². The molecular weight excluding hydrogens is 399 g/mol. The number of nitrogens with one attached hydrogen (secondary N) is 2. The highest BCUT2D eigenvalue weighted by Crippen LogP contribution is 2.19. The number of carbonyl (C=O) groups excluding carboxylic acids is 1. The molecular formula is C18H19FN6O3S. The van der Waals surface area contributed by atoms with Gasteiger partial charge in [-0.15, -0.1) is 5.10 Å². The van der Waals surface area contributed by atoms with Gasteiger partial charge in [0.1, 0.15) is 11.5 Å². The van der Waals surface area contributed by atoms with Crippen LogP contribution in [-0.4, -0.2) is 41.6 Å². The smallest absolute Gasteiger partial charge is 0.240 e. The Kier molecular flexibility index (Phi) is 5.99. The molecule has 0 spiro atoms. The molecule has 0 aliphatic carbocycles. The van der Waals surface area contributed by atoms with Gasteiger partial charge in [0.25, 0.3) is 0 Å². The van der Waals surface area contributed by atoms with E-state index in [4.69, 9.17) is 0 Å². The molecule has 152 valence electrons. The molecule has 0 aliphatic heterocycles. The number of nitrogens with zero attached hydrogens (tertiary/aromatic N) is 4. The third-order valence-corrected chi connectivity index (χ3v) is 5.66. The zero-order valence-corrected chi connectivity index (χ0v) is 16.6. The second-order valence-electron chi connectivity index (χ2n) is 6.20. The Morgan fingerprint density at radius 1 is 1.17 bits per heavy atom. The van der Waals surface area contributed by atoms with Gasteiger partial charge < -0.3 is 5.32 Å². The molecule has 1 heterocycles. The fourth-order valence-corrected chi connectivity index (χ4v) is 3.37. The molecule has 0 unspecified atom stereocenters. The number of tetrazole rings is 1. The number of carbonyl (C=O) groups is 1. The predicted molar refractivity (Wildman–Crippen MR) is 103 cm³/mol. The van der Waals surface area contributed by atoms with Crippen LogP contribution in [0.25, 0.3) is 5.69 Å². The second kappa shape index (κ2) is 8.45. The summed E-state index contributed by atoms with van der Waals surface area (Å²) < 4.78 is 41.0. The van der Waals surface area contributed by atoms with Crippen LogP contribution in [0.4, 0.5) is 10.1 Å². The topological polar surface area (TPSA) is 119 Å². The molecule has 0 atom stereocenters. The first kappa shape index (κ1) is 20.6. The van der Waals surface area contributed by atoms with Crippen LogP contribution in [0.2, 0.25) is 0 Å². The van der Waals surface area contributed by atoms with Crippen LogP contribution in [0.5, 0.6) is 0 Å². The zero-order chi connectivity index (χ0) is 21.0. The molecule has 0 bridgehead atoms. The van der Waals surface area contributed by atoms with Crippen molar-refractivity contribution < 1.29 is 17.6 Å². The lowest BCUT2D eigenvalue weighted by molar-refractivity contribution is -0.116. The van der Waals surface area contributed by atoms with Crippen molar-refractivity contribution in [3.8, 4) is 5.69 Å². The van der Waals surface area contributed by atoms with Crippen LogP contribution in [0, 0.1) is 12.7 Å². The zero-order valence-electron chi connectivity index (χ0n) is 15.8. The molecule has 0 saturated carbocycles. The summed E-state index contributed by atoms with van der Waals surface area (Å²) in [5.41, 5.74) is 1.36. The van der Waals surface area contributed by atoms with Gasteiger partial charge in [-0.1, -0.05) is 12.1 Å². The number of aromatic nitrogens is 4. The molecule has 0 aliphatic rings. The third-order valence-electron chi connectivity index (χ3n) is 4.23. The summed E-state index contributed by atoms with van der Waals surface area (Å²) >= 11 is 0. The van der Waals surface area contributed by atoms with Crippen LogP contribution in [0.15, 0.2) is 47.4 Å². The van der Waals surface area contributed by atoms with E-state index in [1.165, 1.54) is 42.1 Å². The lowest BCUT2D eigenvalue weighted by atomic mass is 10.1. The Morgan fingerprint density at radius 3 is 2.52 bits per heavy atom. The van der Waals surface area contributed by atoms with Gasteiger partial charge in [-0.3, -0.25) is 4.79 Å². The summed E-state index contributed by atoms with van der Waals surface area (Å²) in [5.74, 6) is -0.367. The van der Waals surface area contributed by atoms with Crippen LogP contribution >= 0.6 is 0 Å². The van der Waals surface area contributed by atoms with Crippen molar-refractivity contribution in [1.29, 1.82) is 0 Å². The van der Waals surface area contributed by atoms with Crippen molar-refractivity contribution in [2.45, 2.75) is 24.7 Å². The van der Waals surface area contributed by atoms with Gasteiger partial charge in [0.15, 0.2) is 5.82 Å². The maximum Gasteiger partial charge on any atom is 0.240 e. The molecule has 1 amide bonds. The quantitative estimate of drug-likeness (QED) is 0.601. The Balaban J connectivity index is 1.64. The number of amides is 1. The Bertz CT molecular complexity index is 1130. The minimum atomic E-state index is -3.49. The SMILES string of the molecule is CNS(=O)(=O)c1ccc(CCC(=O)Nc2ccc(F)c(-n3nnnc3C)c2)cc1. The third kappa shape index (κ3) is 4.81. The van der Waals surface area contributed by atoms with E-state index in [2.05, 4.69) is 25.6 Å². The number of rotatable bonds is 7. The number of aryl methyl sites for hydroxylation is 2. The molecule has 2 aromatic carbocycles. The number of hydrogen-bond donors (Lipinski definition) is 2. The van der Waals surface area contributed by atoms with Gasteiger partial charge >= 0.3 is 0 Å². The molecule has 11 heteroatoms. The van der Waals surface area contributed by atoms with E-state index in [0.29, 0.717) is 17.9 Å². The minimum Gasteiger partial charge on any atom is -0.326 e. The van der Waals surface area contributed by atoms with E-state index in [1.54, 1.807) is 19.1 Å². The van der Waals surface area contributed by atoms with E-state index in [-0.39, 0.29) is 22.9 Å². The summed E-state index contributed by atoms with van der Waals surface area (Å²) in [7, 11) is -2.15. The highest BCUT2D eigenvalue weighted by atomic mass is 32.2. The van der Waals surface area contributed by atoms with Crippen molar-refractivity contribution in [2.75, 3.05) is 12.4 Å². The van der Waals surface area contributed by atoms with E-state index in [0.717, 1.165) is 5.56 Å². The molecule has 9 nitrogen and oxygen atoms in total. The average molecular weight is 418 g/mol. The van der Waals surface area contributed by atoms with Crippen molar-refractivity contribution in [2.24, 2.45) is 0 Å². The summed E-state index contributed by atoms with van der Waals surface area (Å²) in [6, 6.07) is 10.4. The van der Waals surface area contributed by atoms with Crippen molar-refractivity contribution in [3.05, 3.63) is 59.7 Å². The van der Waals surface area contributed by atoms with Crippen LogP contribution < -0.4 is 10.0 Å². The molecule has 0 radical (unpaired) electrons. The summed E-state index contributed by atoms with van der Waals surface area (Å²) in [5, 5.41) is 13.6. The Morgan fingerprint density at radius 2 is 1.90 bits per heavy atom. The Hall–Kier alpha value is -3.18. The van der Waals surface area contributed by atoms with Crippen molar-refractivity contribution in [1.82, 2.24) is 24.9 Å². The lowest BCUT2D eigenvalue weighted by Crippen LogP contribution is -2.18. The molecule has 1 aromatic heterocycles. The normalized spacial score (nSPS) is 11.4. The second-order valence-corrected chi connectivity index (χ2v) is 8.09. The highest BCUT2D eigenvalue weighted by molar-refractivity contribution is 7.89. The highest BCUT2D eigenvalue weighted by Gasteiger charge is 2.13. The number of anilines is 1. The first-order valence-corrected chi connectivity index (χ1v) is 10.2. The molecule has 0 saturated heterocycles. The van der Waals surface area contributed by atoms with Gasteiger partial charge in [-0.2, -0.15) is 4.68 Å². The fraction of sp³-hybridized carbons (Fsp3) is 0.222. The average Bonchev–Trinajstić information content (AvgIpc) is 3.14. The lowest BCUT2D eigenvalue weighted by Gasteiger charge is -2.09. The molecule has 29 heavy (non-hydrogen) atoms. The largest absolute Gasteiger partial charge is 0.326 e. The van der Waals surface area contributed by atoms with Crippen molar-refractivity contribution >= 4 is 21.6 Å². The first-order chi connectivity index (χ1) is 13.8. The minimum absolute atomic E-state index is 0.131. The fourth-order valence-electron chi connectivity index (χ4n) is 2.64. The number of halogens is 1. The van der Waals surface area contributed by atoms with Crippen LogP contribution in [0.1, 0.15) is 17.8 Å². The summed E-state index contributed by atoms with van der Waals surface area (Å²) in [4.78, 5) is 12.4. The van der Waals surface area contributed by atoms with Crippen LogP contribution in [-0.2, 0) is 21.2 Å². The van der Waals surface area contributed by atoms with Gasteiger partial charge in [-0.05, 0) is 66.7 Å². The van der Waals surface area contributed by atoms with E-state index in [1.807, 2.05) is 0 Å². The summed E-state index contributed by atoms with van der Waals surface area (Å²) in [6.07, 6.45) is 0.598. The van der Waals surface area contributed by atoms with Gasteiger partial charge in [0, 0.05) is 12.1 Å². The molecule has 0 fully saturated rings. The predicted octanol–water partition coefficient (Wildman–Crippen LogP) is 1.59. The van der Waals surface area contributed by atoms with Gasteiger partial charge in [0.05, 0.1) is 4.90 Å². The monoisotopic (exact) mass is 418 g/mol. The van der Waals surface area contributed by atoms with E-state index in [9.17, 15) is 17.6 Å². The number of sulfonamides is 1. The summed E-state index contributed by atoms with van der Waals surface area (Å²) in [6.45, 7) is 1.64.